The van der Waals surface area contributed by atoms with E-state index in [0.717, 1.165) is 19.3 Å². The lowest BCUT2D eigenvalue weighted by molar-refractivity contribution is -0.121. The first-order valence-corrected chi connectivity index (χ1v) is 12.7. The molecule has 1 aromatic carbocycles. The highest BCUT2D eigenvalue weighted by atomic mass is 35.6. The second-order valence-electron chi connectivity index (χ2n) is 7.81. The van der Waals surface area contributed by atoms with Gasteiger partial charge in [-0.25, -0.2) is 0 Å². The first-order chi connectivity index (χ1) is 14.3. The van der Waals surface area contributed by atoms with Gasteiger partial charge < -0.3 is 10.6 Å². The summed E-state index contributed by atoms with van der Waals surface area (Å²) in [4.78, 5) is 12.3. The predicted octanol–water partition coefficient (Wildman–Crippen LogP) is 8.66. The average molecular weight is 498 g/mol. The number of hydrogen-bond donors (Lipinski definition) is 2. The maximum atomic E-state index is 12.3. The summed E-state index contributed by atoms with van der Waals surface area (Å²) in [5, 5.41) is 6.26. The molecule has 172 valence electrons. The second kappa shape index (κ2) is 16.3. The molecule has 0 saturated carbocycles. The molecule has 0 spiro atoms. The van der Waals surface area contributed by atoms with Crippen LogP contribution < -0.4 is 10.6 Å². The molecule has 0 bridgehead atoms. The van der Waals surface area contributed by atoms with Crippen LogP contribution in [0.2, 0.25) is 5.02 Å². The van der Waals surface area contributed by atoms with E-state index in [-0.39, 0.29) is 5.91 Å². The molecule has 3 nitrogen and oxygen atoms in total. The lowest BCUT2D eigenvalue weighted by Crippen LogP contribution is -2.49. The topological polar surface area (TPSA) is 41.1 Å². The number of rotatable bonds is 16. The van der Waals surface area contributed by atoms with Crippen molar-refractivity contribution < 1.29 is 4.79 Å². The fourth-order valence-corrected chi connectivity index (χ4v) is 3.81. The second-order valence-corrected chi connectivity index (χ2v) is 10.6. The number of halogens is 4. The van der Waals surface area contributed by atoms with Crippen molar-refractivity contribution in [3.8, 4) is 0 Å². The molecular weight excluding hydrogens is 462 g/mol. The van der Waals surface area contributed by atoms with Gasteiger partial charge in [-0.05, 0) is 18.6 Å². The molecule has 0 saturated heterocycles. The highest BCUT2D eigenvalue weighted by molar-refractivity contribution is 6.68. The third-order valence-corrected chi connectivity index (χ3v) is 6.05. The highest BCUT2D eigenvalue weighted by Gasteiger charge is 2.34. The zero-order chi connectivity index (χ0) is 22.2. The van der Waals surface area contributed by atoms with Crippen molar-refractivity contribution >= 4 is 58.0 Å². The van der Waals surface area contributed by atoms with E-state index in [9.17, 15) is 4.79 Å². The summed E-state index contributed by atoms with van der Waals surface area (Å²) in [6, 6.07) is 7.12. The highest BCUT2D eigenvalue weighted by Crippen LogP contribution is 2.32. The van der Waals surface area contributed by atoms with Crippen LogP contribution in [0.5, 0.6) is 0 Å². The van der Waals surface area contributed by atoms with Crippen molar-refractivity contribution in [2.75, 3.05) is 5.32 Å². The van der Waals surface area contributed by atoms with Gasteiger partial charge in [-0.1, -0.05) is 136 Å². The molecule has 1 unspecified atom stereocenters. The minimum absolute atomic E-state index is 0.141. The third-order valence-electron chi connectivity index (χ3n) is 5.06. The van der Waals surface area contributed by atoms with E-state index in [0.29, 0.717) is 17.1 Å². The normalized spacial score (nSPS) is 12.6. The quantitative estimate of drug-likeness (QED) is 0.136. The molecule has 1 aromatic rings. The van der Waals surface area contributed by atoms with Crippen molar-refractivity contribution in [2.45, 2.75) is 100 Å². The Labute approximate surface area is 202 Å². The summed E-state index contributed by atoms with van der Waals surface area (Å²) in [6.07, 6.45) is 14.6. The molecule has 0 aliphatic heterocycles. The number of anilines is 1. The summed E-state index contributed by atoms with van der Waals surface area (Å²) in [7, 11) is 0. The number of para-hydroxylation sites is 1. The summed E-state index contributed by atoms with van der Waals surface area (Å²) in [5.41, 5.74) is 0.598. The summed E-state index contributed by atoms with van der Waals surface area (Å²) < 4.78 is -1.70. The number of hydrogen-bond acceptors (Lipinski definition) is 2. The zero-order valence-corrected chi connectivity index (χ0v) is 21.0. The van der Waals surface area contributed by atoms with E-state index < -0.39 is 9.96 Å². The number of benzene rings is 1. The molecule has 7 heteroatoms. The van der Waals surface area contributed by atoms with Gasteiger partial charge in [0.05, 0.1) is 10.7 Å². The number of amides is 1. The van der Waals surface area contributed by atoms with E-state index >= 15 is 0 Å². The molecule has 1 amide bonds. The molecule has 0 fully saturated rings. The van der Waals surface area contributed by atoms with Crippen molar-refractivity contribution in [1.29, 1.82) is 0 Å². The molecule has 1 rings (SSSR count). The van der Waals surface area contributed by atoms with E-state index in [4.69, 9.17) is 46.4 Å². The molecular formula is C23H36Cl4N2O. The Bertz CT molecular complexity index is 593. The fourth-order valence-electron chi connectivity index (χ4n) is 3.29. The molecule has 0 aliphatic carbocycles. The Hall–Kier alpha value is -0.350. The molecule has 30 heavy (non-hydrogen) atoms. The van der Waals surface area contributed by atoms with Crippen LogP contribution in [0, 0.1) is 0 Å². The predicted molar refractivity (Wildman–Crippen MR) is 133 cm³/mol. The van der Waals surface area contributed by atoms with E-state index in [1.165, 1.54) is 57.8 Å². The Morgan fingerprint density at radius 1 is 0.867 bits per heavy atom. The Morgan fingerprint density at radius 2 is 1.37 bits per heavy atom. The maximum absolute atomic E-state index is 12.3. The van der Waals surface area contributed by atoms with Gasteiger partial charge >= 0.3 is 0 Å². The largest absolute Gasteiger partial charge is 0.361 e. The summed E-state index contributed by atoms with van der Waals surface area (Å²) >= 11 is 24.2. The van der Waals surface area contributed by atoms with Gasteiger partial charge in [0.15, 0.2) is 0 Å². The standard InChI is InChI=1S/C23H36Cl4N2O/c1-2-3-4-5-6-7-8-9-10-11-12-13-18-21(30)29-22(23(25,26)27)28-20-17-15-14-16-19(20)24/h14-17,22,28H,2-13,18H2,1H3,(H,29,30). The van der Waals surface area contributed by atoms with Crippen LogP contribution in [0.1, 0.15) is 90.4 Å². The number of nitrogens with one attached hydrogen (secondary N) is 2. The molecule has 2 N–H and O–H groups in total. The molecule has 0 aliphatic rings. The van der Waals surface area contributed by atoms with Gasteiger partial charge in [0.2, 0.25) is 9.70 Å². The number of alkyl halides is 3. The van der Waals surface area contributed by atoms with Gasteiger partial charge in [0.25, 0.3) is 0 Å². The molecule has 1 atom stereocenters. The molecule has 0 heterocycles. The maximum Gasteiger partial charge on any atom is 0.228 e. The third kappa shape index (κ3) is 13.1. The molecule has 0 aromatic heterocycles. The smallest absolute Gasteiger partial charge is 0.228 e. The van der Waals surface area contributed by atoms with Crippen molar-refractivity contribution in [3.05, 3.63) is 29.3 Å². The van der Waals surface area contributed by atoms with E-state index in [1.54, 1.807) is 12.1 Å². The van der Waals surface area contributed by atoms with Crippen LogP contribution in [0.4, 0.5) is 5.69 Å². The van der Waals surface area contributed by atoms with Crippen LogP contribution in [0.15, 0.2) is 24.3 Å². The zero-order valence-electron chi connectivity index (χ0n) is 18.0. The Balaban J connectivity index is 2.17. The monoisotopic (exact) mass is 496 g/mol. The number of carbonyl (C=O) groups is 1. The minimum atomic E-state index is -1.70. The van der Waals surface area contributed by atoms with Crippen LogP contribution >= 0.6 is 46.4 Å². The van der Waals surface area contributed by atoms with Crippen LogP contribution in [-0.2, 0) is 4.79 Å². The average Bonchev–Trinajstić information content (AvgIpc) is 2.69. The first-order valence-electron chi connectivity index (χ1n) is 11.2. The van der Waals surface area contributed by atoms with Crippen LogP contribution in [0.25, 0.3) is 0 Å². The summed E-state index contributed by atoms with van der Waals surface area (Å²) in [5.74, 6) is -0.141. The number of carbonyl (C=O) groups excluding carboxylic acids is 1. The van der Waals surface area contributed by atoms with Crippen LogP contribution in [0.3, 0.4) is 0 Å². The molecule has 0 radical (unpaired) electrons. The van der Waals surface area contributed by atoms with E-state index in [1.807, 2.05) is 12.1 Å². The fraction of sp³-hybridized carbons (Fsp3) is 0.696. The summed E-state index contributed by atoms with van der Waals surface area (Å²) in [6.45, 7) is 2.25. The lowest BCUT2D eigenvalue weighted by Gasteiger charge is -2.27. The van der Waals surface area contributed by atoms with Crippen molar-refractivity contribution in [3.63, 3.8) is 0 Å². The van der Waals surface area contributed by atoms with Gasteiger partial charge in [0, 0.05) is 6.42 Å². The number of unbranched alkanes of at least 4 members (excludes halogenated alkanes) is 11. The minimum Gasteiger partial charge on any atom is -0.361 e. The van der Waals surface area contributed by atoms with E-state index in [2.05, 4.69) is 17.6 Å². The van der Waals surface area contributed by atoms with Gasteiger partial charge in [0.1, 0.15) is 6.17 Å². The van der Waals surface area contributed by atoms with Crippen molar-refractivity contribution in [1.82, 2.24) is 5.32 Å². The van der Waals surface area contributed by atoms with Gasteiger partial charge in [-0.3, -0.25) is 4.79 Å². The first kappa shape index (κ1) is 27.7. The van der Waals surface area contributed by atoms with Gasteiger partial charge in [-0.15, -0.1) is 0 Å². The van der Waals surface area contributed by atoms with Crippen LogP contribution in [-0.4, -0.2) is 15.9 Å². The Morgan fingerprint density at radius 3 is 1.87 bits per heavy atom. The van der Waals surface area contributed by atoms with Crippen molar-refractivity contribution in [2.24, 2.45) is 0 Å². The SMILES string of the molecule is CCCCCCCCCCCCCCC(=O)NC(Nc1ccccc1Cl)C(Cl)(Cl)Cl. The van der Waals surface area contributed by atoms with Gasteiger partial charge in [-0.2, -0.15) is 0 Å². The lowest BCUT2D eigenvalue weighted by atomic mass is 10.0. The Kier molecular flexibility index (Phi) is 15.0.